The van der Waals surface area contributed by atoms with Crippen molar-refractivity contribution in [1.82, 2.24) is 0 Å². The van der Waals surface area contributed by atoms with Crippen LogP contribution >= 0.6 is 12.6 Å². The van der Waals surface area contributed by atoms with Crippen LogP contribution in [-0.4, -0.2) is 5.75 Å². The first kappa shape index (κ1) is 12.2. The predicted molar refractivity (Wildman–Crippen MR) is 59.1 cm³/mol. The monoisotopic (exact) mass is 232 g/mol. The maximum absolute atomic E-state index is 12.5. The van der Waals surface area contributed by atoms with Crippen LogP contribution < -0.4 is 0 Å². The van der Waals surface area contributed by atoms with E-state index >= 15 is 0 Å². The van der Waals surface area contributed by atoms with Crippen LogP contribution in [0.3, 0.4) is 0 Å². The normalized spacial score (nSPS) is 12.3. The molecule has 0 N–H and O–H groups in total. The lowest BCUT2D eigenvalue weighted by Gasteiger charge is -2.11. The van der Waals surface area contributed by atoms with Crippen molar-refractivity contribution in [3.8, 4) is 0 Å². The molecule has 1 aromatic rings. The Morgan fingerprint density at radius 1 is 1.33 bits per heavy atom. The summed E-state index contributed by atoms with van der Waals surface area (Å²) in [5.41, 5.74) is 0.255. The van der Waals surface area contributed by atoms with Gasteiger partial charge in [-0.1, -0.05) is 24.3 Å². The topological polar surface area (TPSA) is 0 Å². The van der Waals surface area contributed by atoms with Gasteiger partial charge in [-0.2, -0.15) is 25.8 Å². The number of thiol groups is 1. The van der Waals surface area contributed by atoms with Crippen LogP contribution in [0.4, 0.5) is 13.2 Å². The molecule has 0 aliphatic heterocycles. The fraction of sp³-hybridized carbons (Fsp3) is 0.273. The van der Waals surface area contributed by atoms with Gasteiger partial charge in [0, 0.05) is 5.75 Å². The molecular weight excluding hydrogens is 221 g/mol. The quantitative estimate of drug-likeness (QED) is 0.733. The third-order valence-corrected chi connectivity index (χ3v) is 2.29. The molecule has 0 bridgehead atoms. The zero-order valence-electron chi connectivity index (χ0n) is 8.17. The summed E-state index contributed by atoms with van der Waals surface area (Å²) in [6.07, 6.45) is -0.919. The van der Waals surface area contributed by atoms with Gasteiger partial charge < -0.3 is 0 Å². The van der Waals surface area contributed by atoms with E-state index in [-0.39, 0.29) is 5.56 Å². The van der Waals surface area contributed by atoms with Gasteiger partial charge in [-0.15, -0.1) is 0 Å². The summed E-state index contributed by atoms with van der Waals surface area (Å²) in [6.45, 7) is 1.47. The zero-order chi connectivity index (χ0) is 11.5. The van der Waals surface area contributed by atoms with E-state index in [1.165, 1.54) is 13.0 Å². The minimum atomic E-state index is -4.28. The average molecular weight is 232 g/mol. The first-order chi connectivity index (χ1) is 6.96. The molecule has 0 nitrogen and oxygen atoms in total. The minimum Gasteiger partial charge on any atom is -0.175 e. The number of alkyl halides is 3. The third-order valence-electron chi connectivity index (χ3n) is 2.08. The lowest BCUT2D eigenvalue weighted by Crippen LogP contribution is -2.07. The third kappa shape index (κ3) is 3.02. The summed E-state index contributed by atoms with van der Waals surface area (Å²) in [6, 6.07) is 4.16. The molecule has 0 aliphatic carbocycles. The highest BCUT2D eigenvalue weighted by Gasteiger charge is 2.32. The number of rotatable bonds is 2. The van der Waals surface area contributed by atoms with E-state index in [9.17, 15) is 13.2 Å². The van der Waals surface area contributed by atoms with Gasteiger partial charge in [0.25, 0.3) is 0 Å². The second-order valence-electron chi connectivity index (χ2n) is 3.10. The molecule has 0 amide bonds. The zero-order valence-corrected chi connectivity index (χ0v) is 9.07. The Kier molecular flexibility index (Phi) is 3.85. The van der Waals surface area contributed by atoms with Gasteiger partial charge in [0.15, 0.2) is 0 Å². The Labute approximate surface area is 92.2 Å². The van der Waals surface area contributed by atoms with E-state index in [0.29, 0.717) is 11.3 Å². The van der Waals surface area contributed by atoms with Crippen LogP contribution in [0, 0.1) is 6.92 Å². The van der Waals surface area contributed by atoms with Crippen molar-refractivity contribution < 1.29 is 13.2 Å². The van der Waals surface area contributed by atoms with Crippen molar-refractivity contribution in [3.05, 3.63) is 41.0 Å². The van der Waals surface area contributed by atoms with E-state index in [0.717, 1.165) is 6.07 Å². The van der Waals surface area contributed by atoms with Crippen molar-refractivity contribution in [3.63, 3.8) is 0 Å². The number of hydrogen-bond acceptors (Lipinski definition) is 1. The van der Waals surface area contributed by atoms with Gasteiger partial charge in [0.05, 0.1) is 5.56 Å². The summed E-state index contributed by atoms with van der Waals surface area (Å²) in [4.78, 5) is 0. The molecular formula is C11H11F3S. The SMILES string of the molecule is Cc1c(C=CCS)cccc1C(F)(F)F. The summed E-state index contributed by atoms with van der Waals surface area (Å²) < 4.78 is 37.5. The Balaban J connectivity index is 3.17. The Morgan fingerprint density at radius 2 is 2.00 bits per heavy atom. The molecule has 0 aromatic heterocycles. The molecule has 1 aromatic carbocycles. The van der Waals surface area contributed by atoms with Crippen LogP contribution in [0.25, 0.3) is 6.08 Å². The lowest BCUT2D eigenvalue weighted by molar-refractivity contribution is -0.138. The van der Waals surface area contributed by atoms with E-state index in [1.54, 1.807) is 18.2 Å². The first-order valence-electron chi connectivity index (χ1n) is 4.41. The van der Waals surface area contributed by atoms with Gasteiger partial charge >= 0.3 is 6.18 Å². The number of benzene rings is 1. The van der Waals surface area contributed by atoms with Crippen LogP contribution in [0.15, 0.2) is 24.3 Å². The predicted octanol–water partition coefficient (Wildman–Crippen LogP) is 3.96. The van der Waals surface area contributed by atoms with Gasteiger partial charge in [-0.05, 0) is 24.1 Å². The first-order valence-corrected chi connectivity index (χ1v) is 5.04. The standard InChI is InChI=1S/C11H11F3S/c1-8-9(5-3-7-15)4-2-6-10(8)11(12,13)14/h2-6,15H,7H2,1H3. The summed E-state index contributed by atoms with van der Waals surface area (Å²) in [7, 11) is 0. The van der Waals surface area contributed by atoms with Crippen LogP contribution in [-0.2, 0) is 6.18 Å². The van der Waals surface area contributed by atoms with E-state index in [4.69, 9.17) is 0 Å². The van der Waals surface area contributed by atoms with Crippen molar-refractivity contribution in [2.45, 2.75) is 13.1 Å². The van der Waals surface area contributed by atoms with Crippen molar-refractivity contribution >= 4 is 18.7 Å². The molecule has 1 rings (SSSR count). The molecule has 0 radical (unpaired) electrons. The molecule has 0 saturated carbocycles. The highest BCUT2D eigenvalue weighted by molar-refractivity contribution is 7.80. The highest BCUT2D eigenvalue weighted by Crippen LogP contribution is 2.33. The summed E-state index contributed by atoms with van der Waals surface area (Å²) >= 11 is 3.96. The van der Waals surface area contributed by atoms with E-state index < -0.39 is 11.7 Å². The lowest BCUT2D eigenvalue weighted by atomic mass is 10.0. The second-order valence-corrected chi connectivity index (χ2v) is 3.47. The smallest absolute Gasteiger partial charge is 0.175 e. The average Bonchev–Trinajstić information content (AvgIpc) is 2.14. The highest BCUT2D eigenvalue weighted by atomic mass is 32.1. The summed E-state index contributed by atoms with van der Waals surface area (Å²) in [5.74, 6) is 0.510. The molecule has 0 heterocycles. The molecule has 15 heavy (non-hydrogen) atoms. The number of halogens is 3. The van der Waals surface area contributed by atoms with Gasteiger partial charge in [0.2, 0.25) is 0 Å². The molecule has 4 heteroatoms. The fourth-order valence-corrected chi connectivity index (χ4v) is 1.43. The van der Waals surface area contributed by atoms with Crippen LogP contribution in [0.5, 0.6) is 0 Å². The molecule has 0 spiro atoms. The van der Waals surface area contributed by atoms with Gasteiger partial charge in [0.1, 0.15) is 0 Å². The fourth-order valence-electron chi connectivity index (χ4n) is 1.32. The summed E-state index contributed by atoms with van der Waals surface area (Å²) in [5, 5.41) is 0. The number of hydrogen-bond donors (Lipinski definition) is 1. The minimum absolute atomic E-state index is 0.253. The van der Waals surface area contributed by atoms with Gasteiger partial charge in [-0.25, -0.2) is 0 Å². The second kappa shape index (κ2) is 4.75. The Hall–Kier alpha value is -0.900. The molecule has 0 fully saturated rings. The molecule has 0 saturated heterocycles. The largest absolute Gasteiger partial charge is 0.416 e. The van der Waals surface area contributed by atoms with Gasteiger partial charge in [-0.3, -0.25) is 0 Å². The Bertz CT molecular complexity index is 367. The maximum Gasteiger partial charge on any atom is 0.416 e. The van der Waals surface area contributed by atoms with Crippen molar-refractivity contribution in [2.24, 2.45) is 0 Å². The molecule has 0 unspecified atom stereocenters. The van der Waals surface area contributed by atoms with Crippen molar-refractivity contribution in [1.29, 1.82) is 0 Å². The maximum atomic E-state index is 12.5. The van der Waals surface area contributed by atoms with Crippen LogP contribution in [0.1, 0.15) is 16.7 Å². The van der Waals surface area contributed by atoms with Crippen molar-refractivity contribution in [2.75, 3.05) is 5.75 Å². The molecule has 0 atom stereocenters. The molecule has 0 aliphatic rings. The van der Waals surface area contributed by atoms with E-state index in [1.807, 2.05) is 0 Å². The van der Waals surface area contributed by atoms with E-state index in [2.05, 4.69) is 12.6 Å². The Morgan fingerprint density at radius 3 is 2.53 bits per heavy atom. The molecule has 82 valence electrons. The van der Waals surface area contributed by atoms with Crippen LogP contribution in [0.2, 0.25) is 0 Å².